The van der Waals surface area contributed by atoms with Crippen LogP contribution in [0.1, 0.15) is 16.8 Å². The van der Waals surface area contributed by atoms with Gasteiger partial charge in [-0.15, -0.1) is 0 Å². The van der Waals surface area contributed by atoms with Crippen molar-refractivity contribution in [3.63, 3.8) is 0 Å². The summed E-state index contributed by atoms with van der Waals surface area (Å²) in [5, 5.41) is 4.06. The standard InChI is InChI=1S/C13H17FN4O2S/c1-8-11(14)4-10(6-15)5-13(8)21(19,20)17-12-7-18(3)16-9(12)2/h4-5,7,17H,6,15H2,1-3H3. The molecule has 8 heteroatoms. The third-order valence-corrected chi connectivity index (χ3v) is 4.63. The van der Waals surface area contributed by atoms with Gasteiger partial charge in [-0.25, -0.2) is 12.8 Å². The molecule has 0 aliphatic heterocycles. The highest BCUT2D eigenvalue weighted by Gasteiger charge is 2.21. The molecule has 0 saturated carbocycles. The van der Waals surface area contributed by atoms with E-state index < -0.39 is 15.8 Å². The Bertz CT molecular complexity index is 784. The van der Waals surface area contributed by atoms with Gasteiger partial charge in [0.15, 0.2) is 0 Å². The van der Waals surface area contributed by atoms with E-state index in [0.29, 0.717) is 16.9 Å². The molecule has 1 heterocycles. The molecule has 2 aromatic rings. The van der Waals surface area contributed by atoms with E-state index in [-0.39, 0.29) is 17.0 Å². The minimum absolute atomic E-state index is 0.0567. The summed E-state index contributed by atoms with van der Waals surface area (Å²) in [7, 11) is -2.22. The number of hydrogen-bond acceptors (Lipinski definition) is 4. The van der Waals surface area contributed by atoms with Crippen molar-refractivity contribution >= 4 is 15.7 Å². The third-order valence-electron chi connectivity index (χ3n) is 3.14. The van der Waals surface area contributed by atoms with E-state index in [2.05, 4.69) is 9.82 Å². The highest BCUT2D eigenvalue weighted by Crippen LogP contribution is 2.24. The SMILES string of the molecule is Cc1nn(C)cc1NS(=O)(=O)c1cc(CN)cc(F)c1C. The Morgan fingerprint density at radius 3 is 2.57 bits per heavy atom. The highest BCUT2D eigenvalue weighted by atomic mass is 32.2. The zero-order valence-corrected chi connectivity index (χ0v) is 12.8. The lowest BCUT2D eigenvalue weighted by molar-refractivity contribution is 0.589. The lowest BCUT2D eigenvalue weighted by Crippen LogP contribution is -2.16. The molecule has 0 aliphatic carbocycles. The normalized spacial score (nSPS) is 11.7. The molecule has 2 rings (SSSR count). The van der Waals surface area contributed by atoms with Gasteiger partial charge >= 0.3 is 0 Å². The first-order valence-electron chi connectivity index (χ1n) is 6.26. The molecule has 0 atom stereocenters. The lowest BCUT2D eigenvalue weighted by Gasteiger charge is -2.12. The number of benzene rings is 1. The summed E-state index contributed by atoms with van der Waals surface area (Å²) in [4.78, 5) is -0.119. The van der Waals surface area contributed by atoms with Gasteiger partial charge in [0.1, 0.15) is 5.82 Å². The fraction of sp³-hybridized carbons (Fsp3) is 0.308. The van der Waals surface area contributed by atoms with Crippen LogP contribution in [0.4, 0.5) is 10.1 Å². The molecule has 0 radical (unpaired) electrons. The number of rotatable bonds is 4. The summed E-state index contributed by atoms with van der Waals surface area (Å²) in [6.07, 6.45) is 1.55. The van der Waals surface area contributed by atoms with Gasteiger partial charge in [0.2, 0.25) is 0 Å². The van der Waals surface area contributed by atoms with Gasteiger partial charge in [0.25, 0.3) is 10.0 Å². The van der Waals surface area contributed by atoms with Crippen LogP contribution in [0, 0.1) is 19.7 Å². The van der Waals surface area contributed by atoms with Crippen LogP contribution >= 0.6 is 0 Å². The van der Waals surface area contributed by atoms with Crippen molar-refractivity contribution in [3.8, 4) is 0 Å². The van der Waals surface area contributed by atoms with Crippen LogP contribution in [0.2, 0.25) is 0 Å². The van der Waals surface area contributed by atoms with Gasteiger partial charge in [-0.2, -0.15) is 5.10 Å². The van der Waals surface area contributed by atoms with Crippen molar-refractivity contribution in [1.82, 2.24) is 9.78 Å². The number of anilines is 1. The second-order valence-corrected chi connectivity index (χ2v) is 6.46. The van der Waals surface area contributed by atoms with Gasteiger partial charge in [-0.1, -0.05) is 0 Å². The predicted octanol–water partition coefficient (Wildman–Crippen LogP) is 1.44. The second-order valence-electron chi connectivity index (χ2n) is 4.81. The Labute approximate surface area is 122 Å². The van der Waals surface area contributed by atoms with Crippen molar-refractivity contribution in [2.45, 2.75) is 25.3 Å². The number of nitrogens with two attached hydrogens (primary N) is 1. The summed E-state index contributed by atoms with van der Waals surface area (Å²) in [6, 6.07) is 2.62. The van der Waals surface area contributed by atoms with Crippen LogP contribution < -0.4 is 10.5 Å². The molecule has 0 saturated heterocycles. The number of sulfonamides is 1. The Morgan fingerprint density at radius 1 is 1.38 bits per heavy atom. The van der Waals surface area contributed by atoms with E-state index in [9.17, 15) is 12.8 Å². The Kier molecular flexibility index (Phi) is 4.02. The lowest BCUT2D eigenvalue weighted by atomic mass is 10.1. The molecule has 1 aromatic heterocycles. The van der Waals surface area contributed by atoms with Crippen LogP contribution in [-0.2, 0) is 23.6 Å². The van der Waals surface area contributed by atoms with E-state index in [1.807, 2.05) is 0 Å². The van der Waals surface area contributed by atoms with Crippen LogP contribution in [0.25, 0.3) is 0 Å². The number of halogens is 1. The Balaban J connectivity index is 2.49. The molecule has 0 spiro atoms. The van der Waals surface area contributed by atoms with Crippen LogP contribution in [0.5, 0.6) is 0 Å². The minimum Gasteiger partial charge on any atom is -0.326 e. The van der Waals surface area contributed by atoms with E-state index in [0.717, 1.165) is 0 Å². The fourth-order valence-electron chi connectivity index (χ4n) is 2.00. The molecule has 114 valence electrons. The molecule has 0 bridgehead atoms. The van der Waals surface area contributed by atoms with Crippen molar-refractivity contribution in [1.29, 1.82) is 0 Å². The van der Waals surface area contributed by atoms with Gasteiger partial charge in [0, 0.05) is 25.4 Å². The van der Waals surface area contributed by atoms with Crippen molar-refractivity contribution in [2.75, 3.05) is 4.72 Å². The van der Waals surface area contributed by atoms with Crippen LogP contribution in [0.15, 0.2) is 23.2 Å². The molecule has 0 aliphatic rings. The molecule has 3 N–H and O–H groups in total. The van der Waals surface area contributed by atoms with Gasteiger partial charge in [-0.3, -0.25) is 9.40 Å². The summed E-state index contributed by atoms with van der Waals surface area (Å²) >= 11 is 0. The number of aryl methyl sites for hydroxylation is 2. The quantitative estimate of drug-likeness (QED) is 0.894. The van der Waals surface area contributed by atoms with Gasteiger partial charge in [0.05, 0.1) is 16.3 Å². The van der Waals surface area contributed by atoms with Crippen LogP contribution in [0.3, 0.4) is 0 Å². The van der Waals surface area contributed by atoms with Crippen molar-refractivity contribution < 1.29 is 12.8 Å². The van der Waals surface area contributed by atoms with Gasteiger partial charge < -0.3 is 5.73 Å². The summed E-state index contributed by atoms with van der Waals surface area (Å²) in [5.74, 6) is -0.596. The average molecular weight is 312 g/mol. The molecule has 0 amide bonds. The topological polar surface area (TPSA) is 90.0 Å². The first-order chi connectivity index (χ1) is 9.74. The molecular formula is C13H17FN4O2S. The number of hydrogen-bond donors (Lipinski definition) is 2. The first-order valence-corrected chi connectivity index (χ1v) is 7.75. The summed E-state index contributed by atoms with van der Waals surface area (Å²) < 4.78 is 42.6. The molecule has 6 nitrogen and oxygen atoms in total. The van der Waals surface area contributed by atoms with Crippen molar-refractivity contribution in [2.24, 2.45) is 12.8 Å². The molecule has 0 fully saturated rings. The van der Waals surface area contributed by atoms with Crippen LogP contribution in [-0.4, -0.2) is 18.2 Å². The van der Waals surface area contributed by atoms with E-state index in [4.69, 9.17) is 5.73 Å². The monoisotopic (exact) mass is 312 g/mol. The van der Waals surface area contributed by atoms with E-state index in [1.54, 1.807) is 20.2 Å². The highest BCUT2D eigenvalue weighted by molar-refractivity contribution is 7.92. The predicted molar refractivity (Wildman–Crippen MR) is 77.8 cm³/mol. The summed E-state index contributed by atoms with van der Waals surface area (Å²) in [5.41, 5.74) is 6.83. The number of nitrogens with zero attached hydrogens (tertiary/aromatic N) is 2. The molecule has 1 aromatic carbocycles. The largest absolute Gasteiger partial charge is 0.326 e. The maximum Gasteiger partial charge on any atom is 0.262 e. The summed E-state index contributed by atoms with van der Waals surface area (Å²) in [6.45, 7) is 3.16. The Morgan fingerprint density at radius 2 is 2.05 bits per heavy atom. The minimum atomic E-state index is -3.91. The maximum absolute atomic E-state index is 13.8. The zero-order chi connectivity index (χ0) is 15.8. The fourth-order valence-corrected chi connectivity index (χ4v) is 3.41. The second kappa shape index (κ2) is 5.45. The van der Waals surface area contributed by atoms with E-state index in [1.165, 1.54) is 23.7 Å². The first kappa shape index (κ1) is 15.5. The average Bonchev–Trinajstić information content (AvgIpc) is 2.70. The number of aromatic nitrogens is 2. The maximum atomic E-state index is 13.8. The van der Waals surface area contributed by atoms with E-state index >= 15 is 0 Å². The smallest absolute Gasteiger partial charge is 0.262 e. The zero-order valence-electron chi connectivity index (χ0n) is 12.0. The third kappa shape index (κ3) is 3.06. The molecule has 0 unspecified atom stereocenters. The Hall–Kier alpha value is -1.93. The molecule has 21 heavy (non-hydrogen) atoms. The number of nitrogens with one attached hydrogen (secondary N) is 1. The van der Waals surface area contributed by atoms with Gasteiger partial charge in [-0.05, 0) is 31.5 Å². The molecular weight excluding hydrogens is 295 g/mol. The van der Waals surface area contributed by atoms with Crippen molar-refractivity contribution in [3.05, 3.63) is 41.0 Å².